The highest BCUT2D eigenvalue weighted by atomic mass is 16.5. The van der Waals surface area contributed by atoms with E-state index < -0.39 is 17.7 Å². The fourth-order valence-corrected chi connectivity index (χ4v) is 5.00. The zero-order chi connectivity index (χ0) is 29.6. The second kappa shape index (κ2) is 12.6. The van der Waals surface area contributed by atoms with E-state index in [4.69, 9.17) is 14.2 Å². The van der Waals surface area contributed by atoms with Gasteiger partial charge in [-0.3, -0.25) is 14.6 Å². The predicted octanol–water partition coefficient (Wildman–Crippen LogP) is 6.00. The molecule has 1 aliphatic heterocycles. The van der Waals surface area contributed by atoms with Crippen LogP contribution < -0.4 is 14.2 Å². The van der Waals surface area contributed by atoms with E-state index in [1.807, 2.05) is 44.2 Å². The summed E-state index contributed by atoms with van der Waals surface area (Å²) in [5.74, 6) is -0.152. The number of carbonyl (C=O) groups excluding carboxylic acids is 2. The zero-order valence-corrected chi connectivity index (χ0v) is 23.7. The van der Waals surface area contributed by atoms with Crippen LogP contribution in [0.2, 0.25) is 0 Å². The van der Waals surface area contributed by atoms with Gasteiger partial charge in [-0.15, -0.1) is 0 Å². The van der Waals surface area contributed by atoms with E-state index in [-0.39, 0.29) is 17.9 Å². The molecule has 0 radical (unpaired) electrons. The molecule has 4 aromatic rings. The molecular weight excluding hydrogens is 532 g/mol. The SMILES string of the molecule is CCOc1ccc(C2C(=C(O)c3ccc(OCc4ccccc4C)cc3)C(=O)C(=O)N2Cc2cccnc2)cc1OC. The number of nitrogens with zero attached hydrogens (tertiary/aromatic N) is 2. The van der Waals surface area contributed by atoms with Gasteiger partial charge in [0, 0.05) is 24.5 Å². The minimum Gasteiger partial charge on any atom is -0.507 e. The Balaban J connectivity index is 1.52. The van der Waals surface area contributed by atoms with Gasteiger partial charge in [0.05, 0.1) is 25.3 Å². The number of benzene rings is 3. The zero-order valence-electron chi connectivity index (χ0n) is 23.7. The Kier molecular flexibility index (Phi) is 8.52. The number of ether oxygens (including phenoxy) is 3. The summed E-state index contributed by atoms with van der Waals surface area (Å²) in [4.78, 5) is 32.5. The number of hydrogen-bond donors (Lipinski definition) is 1. The van der Waals surface area contributed by atoms with Crippen molar-refractivity contribution in [2.45, 2.75) is 33.0 Å². The van der Waals surface area contributed by atoms with Crippen LogP contribution in [-0.4, -0.2) is 40.4 Å². The maximum absolute atomic E-state index is 13.5. The van der Waals surface area contributed by atoms with E-state index in [2.05, 4.69) is 4.98 Å². The van der Waals surface area contributed by atoms with Crippen molar-refractivity contribution in [3.05, 3.63) is 125 Å². The molecule has 214 valence electrons. The quantitative estimate of drug-likeness (QED) is 0.143. The van der Waals surface area contributed by atoms with Gasteiger partial charge in [-0.25, -0.2) is 0 Å². The molecule has 8 nitrogen and oxygen atoms in total. The number of aryl methyl sites for hydroxylation is 1. The van der Waals surface area contributed by atoms with Crippen LogP contribution in [0.15, 0.2) is 96.8 Å². The van der Waals surface area contributed by atoms with Crippen molar-refractivity contribution in [3.8, 4) is 17.2 Å². The second-order valence-corrected chi connectivity index (χ2v) is 9.87. The smallest absolute Gasteiger partial charge is 0.295 e. The van der Waals surface area contributed by atoms with E-state index >= 15 is 0 Å². The lowest BCUT2D eigenvalue weighted by Gasteiger charge is -2.26. The Morgan fingerprint density at radius 2 is 1.74 bits per heavy atom. The molecule has 1 aliphatic rings. The Labute approximate surface area is 244 Å². The summed E-state index contributed by atoms with van der Waals surface area (Å²) >= 11 is 0. The third-order valence-corrected chi connectivity index (χ3v) is 7.20. The molecule has 1 amide bonds. The number of rotatable bonds is 10. The first-order chi connectivity index (χ1) is 20.4. The van der Waals surface area contributed by atoms with E-state index in [1.165, 1.54) is 12.0 Å². The number of ketones is 1. The molecule has 1 unspecified atom stereocenters. The molecule has 1 fully saturated rings. The average molecular weight is 565 g/mol. The molecule has 1 N–H and O–H groups in total. The van der Waals surface area contributed by atoms with Crippen molar-refractivity contribution >= 4 is 17.4 Å². The van der Waals surface area contributed by atoms with Crippen molar-refractivity contribution in [2.75, 3.05) is 13.7 Å². The average Bonchev–Trinajstić information content (AvgIpc) is 3.26. The van der Waals surface area contributed by atoms with E-state index in [9.17, 15) is 14.7 Å². The lowest BCUT2D eigenvalue weighted by molar-refractivity contribution is -0.140. The summed E-state index contributed by atoms with van der Waals surface area (Å²) < 4.78 is 17.2. The van der Waals surface area contributed by atoms with Crippen molar-refractivity contribution in [3.63, 3.8) is 0 Å². The summed E-state index contributed by atoms with van der Waals surface area (Å²) in [6.45, 7) is 4.87. The molecular formula is C34H32N2O6. The van der Waals surface area contributed by atoms with Crippen LogP contribution in [0.3, 0.4) is 0 Å². The monoisotopic (exact) mass is 564 g/mol. The number of pyridine rings is 1. The van der Waals surface area contributed by atoms with E-state index in [0.29, 0.717) is 41.6 Å². The van der Waals surface area contributed by atoms with Crippen molar-refractivity contribution in [1.82, 2.24) is 9.88 Å². The molecule has 1 aromatic heterocycles. The van der Waals surface area contributed by atoms with Crippen molar-refractivity contribution in [2.24, 2.45) is 0 Å². The minimum absolute atomic E-state index is 0.0105. The standard InChI is InChI=1S/C34H32N2O6/c1-4-41-28-16-13-25(18-29(28)40-3)31-30(33(38)34(39)36(31)20-23-9-7-17-35-19-23)32(37)24-11-14-27(15-12-24)42-21-26-10-6-5-8-22(26)2/h5-19,31,37H,4,20-21H2,1-3H3. The number of Topliss-reactive ketones (excluding diaryl/α,β-unsaturated/α-hetero) is 1. The lowest BCUT2D eigenvalue weighted by atomic mass is 9.94. The Bertz CT molecular complexity index is 1620. The summed E-state index contributed by atoms with van der Waals surface area (Å²) in [6, 6.07) is 22.8. The van der Waals surface area contributed by atoms with Gasteiger partial charge >= 0.3 is 0 Å². The van der Waals surface area contributed by atoms with E-state index in [1.54, 1.807) is 60.9 Å². The molecule has 5 rings (SSSR count). The molecule has 42 heavy (non-hydrogen) atoms. The first kappa shape index (κ1) is 28.4. The third kappa shape index (κ3) is 5.83. The molecule has 0 bridgehead atoms. The van der Waals surface area contributed by atoms with Gasteiger partial charge in [0.25, 0.3) is 11.7 Å². The molecule has 1 saturated heterocycles. The van der Waals surface area contributed by atoms with Gasteiger partial charge in [0.15, 0.2) is 11.5 Å². The summed E-state index contributed by atoms with van der Waals surface area (Å²) in [5.41, 5.74) is 3.93. The number of carbonyl (C=O) groups is 2. The molecule has 1 atom stereocenters. The first-order valence-electron chi connectivity index (χ1n) is 13.7. The number of methoxy groups -OCH3 is 1. The Morgan fingerprint density at radius 1 is 0.952 bits per heavy atom. The van der Waals surface area contributed by atoms with E-state index in [0.717, 1.165) is 16.7 Å². The third-order valence-electron chi connectivity index (χ3n) is 7.20. The van der Waals surface area contributed by atoms with Gasteiger partial charge in [0.2, 0.25) is 0 Å². The molecule has 0 spiro atoms. The van der Waals surface area contributed by atoms with Crippen LogP contribution in [0, 0.1) is 6.92 Å². The highest BCUT2D eigenvalue weighted by Crippen LogP contribution is 2.42. The Hall–Kier alpha value is -5.11. The van der Waals surface area contributed by atoms with Gasteiger partial charge in [-0.05, 0) is 78.6 Å². The first-order valence-corrected chi connectivity index (χ1v) is 13.7. The van der Waals surface area contributed by atoms with Gasteiger partial charge in [0.1, 0.15) is 18.1 Å². The van der Waals surface area contributed by atoms with Crippen LogP contribution in [0.4, 0.5) is 0 Å². The Morgan fingerprint density at radius 3 is 2.43 bits per heavy atom. The fraction of sp³-hybridized carbons (Fsp3) is 0.206. The maximum atomic E-state index is 13.5. The fourth-order valence-electron chi connectivity index (χ4n) is 5.00. The largest absolute Gasteiger partial charge is 0.507 e. The lowest BCUT2D eigenvalue weighted by Crippen LogP contribution is -2.29. The maximum Gasteiger partial charge on any atom is 0.295 e. The van der Waals surface area contributed by atoms with Gasteiger partial charge in [-0.1, -0.05) is 36.4 Å². The molecule has 0 saturated carbocycles. The van der Waals surface area contributed by atoms with Crippen LogP contribution in [0.5, 0.6) is 17.2 Å². The highest BCUT2D eigenvalue weighted by molar-refractivity contribution is 6.46. The van der Waals surface area contributed by atoms with Gasteiger partial charge in [-0.2, -0.15) is 0 Å². The molecule has 8 heteroatoms. The number of likely N-dealkylation sites (tertiary alicyclic amines) is 1. The van der Waals surface area contributed by atoms with Crippen molar-refractivity contribution in [1.29, 1.82) is 0 Å². The number of aliphatic hydroxyl groups excluding tert-OH is 1. The number of hydrogen-bond acceptors (Lipinski definition) is 7. The number of amides is 1. The normalized spacial score (nSPS) is 16.0. The molecule has 3 aromatic carbocycles. The molecule has 2 heterocycles. The topological polar surface area (TPSA) is 98.2 Å². The van der Waals surface area contributed by atoms with Crippen LogP contribution in [-0.2, 0) is 22.7 Å². The minimum atomic E-state index is -0.869. The summed E-state index contributed by atoms with van der Waals surface area (Å²) in [7, 11) is 1.52. The van der Waals surface area contributed by atoms with Crippen LogP contribution in [0.1, 0.15) is 40.8 Å². The predicted molar refractivity (Wildman–Crippen MR) is 158 cm³/mol. The second-order valence-electron chi connectivity index (χ2n) is 9.87. The van der Waals surface area contributed by atoms with Gasteiger partial charge < -0.3 is 24.2 Å². The summed E-state index contributed by atoms with van der Waals surface area (Å²) in [6.07, 6.45) is 3.28. The van der Waals surface area contributed by atoms with Crippen LogP contribution in [0.25, 0.3) is 5.76 Å². The molecule has 0 aliphatic carbocycles. The number of aromatic nitrogens is 1. The van der Waals surface area contributed by atoms with Crippen LogP contribution >= 0.6 is 0 Å². The number of aliphatic hydroxyl groups is 1. The van der Waals surface area contributed by atoms with Crippen molar-refractivity contribution < 1.29 is 28.9 Å². The highest BCUT2D eigenvalue weighted by Gasteiger charge is 2.46. The summed E-state index contributed by atoms with van der Waals surface area (Å²) in [5, 5.41) is 11.5.